The summed E-state index contributed by atoms with van der Waals surface area (Å²) >= 11 is 0. The van der Waals surface area contributed by atoms with Crippen LogP contribution in [0.15, 0.2) is 65.0 Å². The number of anilines is 3. The molecule has 0 aliphatic carbocycles. The van der Waals surface area contributed by atoms with Gasteiger partial charge in [-0.05, 0) is 65.0 Å². The summed E-state index contributed by atoms with van der Waals surface area (Å²) in [7, 11) is 4.31. The molecule has 1 fully saturated rings. The van der Waals surface area contributed by atoms with Crippen molar-refractivity contribution in [3.05, 3.63) is 76.1 Å². The van der Waals surface area contributed by atoms with Crippen molar-refractivity contribution in [3.63, 3.8) is 0 Å². The molecular formula is C30H36N10O2. The van der Waals surface area contributed by atoms with Gasteiger partial charge in [0.15, 0.2) is 11.5 Å². The zero-order chi connectivity index (χ0) is 29.5. The molecule has 0 saturated carbocycles. The Hall–Kier alpha value is -4.71. The summed E-state index contributed by atoms with van der Waals surface area (Å²) in [5.41, 5.74) is 2.93. The number of nitrogens with one attached hydrogen (secondary N) is 2. The summed E-state index contributed by atoms with van der Waals surface area (Å²) < 4.78 is 4.49. The summed E-state index contributed by atoms with van der Waals surface area (Å²) in [4.78, 5) is 43.0. The second-order valence-electron chi connectivity index (χ2n) is 11.2. The lowest BCUT2D eigenvalue weighted by molar-refractivity contribution is 0.250. The van der Waals surface area contributed by atoms with Gasteiger partial charge in [0, 0.05) is 54.2 Å². The van der Waals surface area contributed by atoms with E-state index in [0.29, 0.717) is 28.8 Å². The normalized spacial score (nSPS) is 14.5. The first-order valence-corrected chi connectivity index (χ1v) is 14.2. The van der Waals surface area contributed by atoms with Crippen molar-refractivity contribution in [2.45, 2.75) is 45.3 Å². The highest BCUT2D eigenvalue weighted by Crippen LogP contribution is 2.32. The van der Waals surface area contributed by atoms with E-state index in [1.807, 2.05) is 26.0 Å². The maximum atomic E-state index is 13.3. The van der Waals surface area contributed by atoms with Crippen LogP contribution in [0.3, 0.4) is 0 Å². The minimum Gasteiger partial charge on any atom is -0.370 e. The van der Waals surface area contributed by atoms with Gasteiger partial charge in [0.1, 0.15) is 5.39 Å². The third-order valence-corrected chi connectivity index (χ3v) is 7.95. The SMILES string of the molecule is C=CCn1c(=O)c2cnc(Nc3ccc4c(N5CCC(N(C)C)CC5)c[nH]c4c3)nc2n1-c1ccc(=O)n(C(C)C)n1. The smallest absolute Gasteiger partial charge is 0.278 e. The number of benzene rings is 1. The van der Waals surface area contributed by atoms with E-state index < -0.39 is 0 Å². The van der Waals surface area contributed by atoms with Crippen LogP contribution in [0.25, 0.3) is 27.8 Å². The van der Waals surface area contributed by atoms with E-state index in [2.05, 4.69) is 63.1 Å². The topological polar surface area (TPSA) is 122 Å². The fourth-order valence-electron chi connectivity index (χ4n) is 5.71. The molecule has 0 unspecified atom stereocenters. The number of fused-ring (bicyclic) bond motifs is 2. The molecule has 2 N–H and O–H groups in total. The van der Waals surface area contributed by atoms with Crippen LogP contribution in [0.1, 0.15) is 32.7 Å². The van der Waals surface area contributed by atoms with Crippen LogP contribution in [-0.2, 0) is 6.54 Å². The molecule has 218 valence electrons. The van der Waals surface area contributed by atoms with Gasteiger partial charge in [0.05, 0.1) is 18.3 Å². The van der Waals surface area contributed by atoms with E-state index in [0.717, 1.165) is 37.1 Å². The average Bonchev–Trinajstić information content (AvgIpc) is 3.52. The number of aromatic amines is 1. The number of nitrogens with zero attached hydrogens (tertiary/aromatic N) is 8. The Labute approximate surface area is 242 Å². The molecule has 0 amide bonds. The van der Waals surface area contributed by atoms with Gasteiger partial charge in [-0.15, -0.1) is 11.7 Å². The van der Waals surface area contributed by atoms with E-state index in [9.17, 15) is 9.59 Å². The predicted octanol–water partition coefficient (Wildman–Crippen LogP) is 3.66. The van der Waals surface area contributed by atoms with Crippen LogP contribution in [0.2, 0.25) is 0 Å². The molecule has 12 nitrogen and oxygen atoms in total. The number of piperidine rings is 1. The molecule has 12 heteroatoms. The van der Waals surface area contributed by atoms with Crippen molar-refractivity contribution in [1.29, 1.82) is 0 Å². The summed E-state index contributed by atoms with van der Waals surface area (Å²) in [5.74, 6) is 0.734. The first-order valence-electron chi connectivity index (χ1n) is 14.2. The molecule has 1 aliphatic rings. The van der Waals surface area contributed by atoms with Gasteiger partial charge in [-0.1, -0.05) is 6.08 Å². The van der Waals surface area contributed by atoms with E-state index in [1.165, 1.54) is 32.7 Å². The Morgan fingerprint density at radius 2 is 1.93 bits per heavy atom. The molecular weight excluding hydrogens is 532 g/mol. The second kappa shape index (κ2) is 10.9. The number of aromatic nitrogens is 7. The van der Waals surface area contributed by atoms with E-state index >= 15 is 0 Å². The van der Waals surface area contributed by atoms with Crippen molar-refractivity contribution < 1.29 is 0 Å². The van der Waals surface area contributed by atoms with Crippen molar-refractivity contribution in [2.24, 2.45) is 0 Å². The maximum absolute atomic E-state index is 13.3. The molecule has 0 spiro atoms. The molecule has 0 bridgehead atoms. The number of hydrogen-bond acceptors (Lipinski definition) is 8. The highest BCUT2D eigenvalue weighted by atomic mass is 16.1. The van der Waals surface area contributed by atoms with Crippen molar-refractivity contribution >= 4 is 39.3 Å². The minimum atomic E-state index is -0.268. The Kier molecular flexibility index (Phi) is 7.15. The van der Waals surface area contributed by atoms with Crippen LogP contribution in [0.4, 0.5) is 17.3 Å². The molecule has 5 heterocycles. The molecule has 4 aromatic heterocycles. The van der Waals surface area contributed by atoms with Crippen LogP contribution in [-0.4, -0.2) is 72.2 Å². The fraction of sp³-hybridized carbons (Fsp3) is 0.367. The third-order valence-electron chi connectivity index (χ3n) is 7.95. The molecule has 5 aromatic rings. The van der Waals surface area contributed by atoms with Gasteiger partial charge in [0.2, 0.25) is 5.95 Å². The predicted molar refractivity (Wildman–Crippen MR) is 166 cm³/mol. The molecule has 42 heavy (non-hydrogen) atoms. The highest BCUT2D eigenvalue weighted by Gasteiger charge is 2.23. The molecule has 1 saturated heterocycles. The van der Waals surface area contributed by atoms with Gasteiger partial charge in [-0.25, -0.2) is 19.0 Å². The number of rotatable bonds is 8. The Balaban J connectivity index is 1.33. The first-order chi connectivity index (χ1) is 20.2. The lowest BCUT2D eigenvalue weighted by atomic mass is 10.0. The second-order valence-corrected chi connectivity index (χ2v) is 11.2. The Bertz CT molecular complexity index is 1890. The Morgan fingerprint density at radius 3 is 2.64 bits per heavy atom. The number of H-pyrrole nitrogens is 1. The van der Waals surface area contributed by atoms with Crippen molar-refractivity contribution in [1.82, 2.24) is 39.0 Å². The van der Waals surface area contributed by atoms with Crippen molar-refractivity contribution in [3.8, 4) is 5.82 Å². The lowest BCUT2D eigenvalue weighted by Gasteiger charge is -2.36. The van der Waals surface area contributed by atoms with E-state index in [-0.39, 0.29) is 23.7 Å². The minimum absolute atomic E-state index is 0.154. The van der Waals surface area contributed by atoms with E-state index in [4.69, 9.17) is 4.98 Å². The summed E-state index contributed by atoms with van der Waals surface area (Å²) in [6.07, 6.45) is 7.52. The number of hydrogen-bond donors (Lipinski definition) is 2. The third kappa shape index (κ3) is 4.87. The fourth-order valence-corrected chi connectivity index (χ4v) is 5.71. The monoisotopic (exact) mass is 568 g/mol. The Morgan fingerprint density at radius 1 is 1.14 bits per heavy atom. The van der Waals surface area contributed by atoms with Gasteiger partial charge < -0.3 is 20.1 Å². The first kappa shape index (κ1) is 27.5. The lowest BCUT2D eigenvalue weighted by Crippen LogP contribution is -2.41. The van der Waals surface area contributed by atoms with Crippen LogP contribution in [0.5, 0.6) is 0 Å². The molecule has 6 rings (SSSR count). The maximum Gasteiger partial charge on any atom is 0.278 e. The summed E-state index contributed by atoms with van der Waals surface area (Å²) in [6, 6.07) is 9.66. The average molecular weight is 569 g/mol. The molecule has 0 atom stereocenters. The van der Waals surface area contributed by atoms with Gasteiger partial charge >= 0.3 is 0 Å². The zero-order valence-electron chi connectivity index (χ0n) is 24.4. The molecule has 1 aromatic carbocycles. The molecule has 1 aliphatic heterocycles. The summed E-state index contributed by atoms with van der Waals surface area (Å²) in [6.45, 7) is 9.85. The van der Waals surface area contributed by atoms with Crippen molar-refractivity contribution in [2.75, 3.05) is 37.4 Å². The molecule has 0 radical (unpaired) electrons. The number of allylic oxidation sites excluding steroid dienone is 1. The van der Waals surface area contributed by atoms with Gasteiger partial charge in [0.25, 0.3) is 11.1 Å². The standard InChI is InChI=1S/C30H36N10O2/c1-6-13-38-29(42)23-17-32-30(34-28(23)40(38)26-9-10-27(41)39(35-26)19(2)3)33-20-7-8-22-24(16-20)31-18-25(22)37-14-11-21(12-15-37)36(4)5/h6-10,16-19,21,31H,1,11-15H2,2-5H3,(H,32,33,34). The van der Waals surface area contributed by atoms with Crippen LogP contribution in [0, 0.1) is 0 Å². The highest BCUT2D eigenvalue weighted by molar-refractivity contribution is 5.95. The largest absolute Gasteiger partial charge is 0.370 e. The van der Waals surface area contributed by atoms with Crippen LogP contribution >= 0.6 is 0 Å². The summed E-state index contributed by atoms with van der Waals surface area (Å²) in [5, 5.41) is 9.33. The zero-order valence-corrected chi connectivity index (χ0v) is 24.4. The quantitative estimate of drug-likeness (QED) is 0.272. The van der Waals surface area contributed by atoms with Crippen LogP contribution < -0.4 is 21.3 Å². The van der Waals surface area contributed by atoms with Gasteiger partial charge in [-0.3, -0.25) is 9.59 Å². The van der Waals surface area contributed by atoms with E-state index in [1.54, 1.807) is 16.8 Å². The van der Waals surface area contributed by atoms with Gasteiger partial charge in [-0.2, -0.15) is 4.98 Å².